The van der Waals surface area contributed by atoms with Crippen molar-refractivity contribution in [3.05, 3.63) is 164 Å². The quantitative estimate of drug-likeness (QED) is 0.183. The van der Waals surface area contributed by atoms with Crippen LogP contribution in [-0.2, 0) is 0 Å². The zero-order chi connectivity index (χ0) is 32.3. The summed E-state index contributed by atoms with van der Waals surface area (Å²) >= 11 is 0. The zero-order valence-electron chi connectivity index (χ0n) is 26.3. The van der Waals surface area contributed by atoms with Gasteiger partial charge in [-0.15, -0.1) is 0 Å². The van der Waals surface area contributed by atoms with E-state index >= 15 is 0 Å². The Morgan fingerprint density at radius 3 is 1.67 bits per heavy atom. The fourth-order valence-corrected chi connectivity index (χ4v) is 7.08. The minimum Gasteiger partial charge on any atom is -0.455 e. The van der Waals surface area contributed by atoms with Gasteiger partial charge in [0.2, 0.25) is 0 Å². The molecule has 10 rings (SSSR count). The van der Waals surface area contributed by atoms with Crippen LogP contribution >= 0.6 is 0 Å². The molecule has 49 heavy (non-hydrogen) atoms. The summed E-state index contributed by atoms with van der Waals surface area (Å²) in [5, 5.41) is 9.08. The van der Waals surface area contributed by atoms with E-state index in [1.807, 2.05) is 18.2 Å². The first-order valence-electron chi connectivity index (χ1n) is 16.4. The Morgan fingerprint density at radius 2 is 0.878 bits per heavy atom. The molecule has 0 fully saturated rings. The van der Waals surface area contributed by atoms with Gasteiger partial charge < -0.3 is 4.42 Å². The lowest BCUT2D eigenvalue weighted by atomic mass is 9.95. The second kappa shape index (κ2) is 11.0. The van der Waals surface area contributed by atoms with Gasteiger partial charge in [0, 0.05) is 32.8 Å². The number of rotatable bonds is 4. The fourth-order valence-electron chi connectivity index (χ4n) is 7.08. The van der Waals surface area contributed by atoms with E-state index in [9.17, 15) is 0 Å². The molecule has 0 spiro atoms. The minimum atomic E-state index is 0.621. The van der Waals surface area contributed by atoms with E-state index in [0.29, 0.717) is 17.5 Å². The van der Waals surface area contributed by atoms with Crippen molar-refractivity contribution in [2.45, 2.75) is 0 Å². The summed E-state index contributed by atoms with van der Waals surface area (Å²) in [7, 11) is 0. The summed E-state index contributed by atoms with van der Waals surface area (Å²) in [6, 6.07) is 56.9. The predicted octanol–water partition coefficient (Wildman–Crippen LogP) is 11.9. The Kier molecular flexibility index (Phi) is 6.15. The van der Waals surface area contributed by atoms with Crippen LogP contribution in [0, 0.1) is 0 Å². The number of aromatic nitrogens is 3. The SMILES string of the molecule is c1ccc(-c2ccc(-c3nc(-c4ccc5ccccc5c4)nc(-c4ccc5c(c4)c4ccccc4c4c6ccccc6oc54)n3)cc2)cc1. The van der Waals surface area contributed by atoms with Gasteiger partial charge in [0.05, 0.1) is 0 Å². The minimum absolute atomic E-state index is 0.621. The molecular formula is C45H27N3O. The monoisotopic (exact) mass is 625 g/mol. The van der Waals surface area contributed by atoms with E-state index in [1.165, 1.54) is 21.7 Å². The third-order valence-corrected chi connectivity index (χ3v) is 9.50. The molecule has 0 unspecified atom stereocenters. The Labute approximate surface area is 282 Å². The molecule has 0 amide bonds. The van der Waals surface area contributed by atoms with Gasteiger partial charge in [0.25, 0.3) is 0 Å². The molecule has 0 saturated carbocycles. The molecule has 10 aromatic rings. The second-order valence-electron chi connectivity index (χ2n) is 12.4. The molecule has 228 valence electrons. The molecule has 0 aliphatic heterocycles. The van der Waals surface area contributed by atoms with E-state index in [1.54, 1.807) is 0 Å². The predicted molar refractivity (Wildman–Crippen MR) is 201 cm³/mol. The van der Waals surface area contributed by atoms with Gasteiger partial charge in [-0.05, 0) is 62.3 Å². The fraction of sp³-hybridized carbons (Fsp3) is 0. The first-order valence-corrected chi connectivity index (χ1v) is 16.4. The molecular weight excluding hydrogens is 599 g/mol. The number of para-hydroxylation sites is 1. The largest absolute Gasteiger partial charge is 0.455 e. The number of nitrogens with zero attached hydrogens (tertiary/aromatic N) is 3. The zero-order valence-corrected chi connectivity index (χ0v) is 26.3. The average molecular weight is 626 g/mol. The lowest BCUT2D eigenvalue weighted by Gasteiger charge is -2.11. The molecule has 8 aromatic carbocycles. The maximum absolute atomic E-state index is 6.51. The molecule has 2 heterocycles. The van der Waals surface area contributed by atoms with E-state index in [-0.39, 0.29) is 0 Å². The first kappa shape index (κ1) is 27.5. The Morgan fingerprint density at radius 1 is 0.327 bits per heavy atom. The highest BCUT2D eigenvalue weighted by molar-refractivity contribution is 6.30. The van der Waals surface area contributed by atoms with Crippen molar-refractivity contribution in [2.75, 3.05) is 0 Å². The Balaban J connectivity index is 1.19. The van der Waals surface area contributed by atoms with Gasteiger partial charge in [0.15, 0.2) is 17.5 Å². The smallest absolute Gasteiger partial charge is 0.164 e. The summed E-state index contributed by atoms with van der Waals surface area (Å²) in [6.45, 7) is 0. The Hall–Kier alpha value is -6.65. The summed E-state index contributed by atoms with van der Waals surface area (Å²) < 4.78 is 6.51. The summed E-state index contributed by atoms with van der Waals surface area (Å²) in [5.41, 5.74) is 6.89. The molecule has 0 saturated heterocycles. The van der Waals surface area contributed by atoms with Crippen LogP contribution in [0.5, 0.6) is 0 Å². The van der Waals surface area contributed by atoms with E-state index in [0.717, 1.165) is 60.4 Å². The van der Waals surface area contributed by atoms with Gasteiger partial charge >= 0.3 is 0 Å². The third kappa shape index (κ3) is 4.57. The third-order valence-electron chi connectivity index (χ3n) is 9.50. The summed E-state index contributed by atoms with van der Waals surface area (Å²) in [4.78, 5) is 15.3. The number of hydrogen-bond acceptors (Lipinski definition) is 4. The molecule has 0 aliphatic carbocycles. The topological polar surface area (TPSA) is 51.8 Å². The van der Waals surface area contributed by atoms with Crippen molar-refractivity contribution in [3.8, 4) is 45.3 Å². The van der Waals surface area contributed by atoms with Gasteiger partial charge in [-0.3, -0.25) is 0 Å². The van der Waals surface area contributed by atoms with Crippen molar-refractivity contribution in [1.82, 2.24) is 15.0 Å². The van der Waals surface area contributed by atoms with Gasteiger partial charge in [0.1, 0.15) is 11.2 Å². The van der Waals surface area contributed by atoms with Gasteiger partial charge in [-0.25, -0.2) is 15.0 Å². The van der Waals surface area contributed by atoms with Crippen LogP contribution in [0.15, 0.2) is 168 Å². The highest BCUT2D eigenvalue weighted by Gasteiger charge is 2.18. The summed E-state index contributed by atoms with van der Waals surface area (Å²) in [6.07, 6.45) is 0. The van der Waals surface area contributed by atoms with Crippen LogP contribution in [0.4, 0.5) is 0 Å². The number of fused-ring (bicyclic) bond motifs is 9. The molecule has 0 radical (unpaired) electrons. The molecule has 0 aliphatic rings. The first-order chi connectivity index (χ1) is 24.3. The van der Waals surface area contributed by atoms with Crippen LogP contribution in [0.1, 0.15) is 0 Å². The van der Waals surface area contributed by atoms with E-state index in [2.05, 4.69) is 146 Å². The van der Waals surface area contributed by atoms with Gasteiger partial charge in [-0.1, -0.05) is 140 Å². The highest BCUT2D eigenvalue weighted by Crippen LogP contribution is 2.42. The van der Waals surface area contributed by atoms with Crippen molar-refractivity contribution in [3.63, 3.8) is 0 Å². The van der Waals surface area contributed by atoms with Crippen LogP contribution in [0.3, 0.4) is 0 Å². The van der Waals surface area contributed by atoms with Crippen LogP contribution in [0.25, 0.3) is 99.5 Å². The number of furan rings is 1. The standard InChI is InChI=1S/C45H27N3O/c1-2-10-28(11-3-1)30-18-21-31(22-19-30)43-46-44(33-23-20-29-12-4-5-13-32(29)26-33)48-45(47-43)34-24-25-37-39(27-34)35-14-6-7-15-36(35)41-38-16-8-9-17-40(38)49-42(37)41/h1-27H. The Bertz CT molecular complexity index is 2870. The van der Waals surface area contributed by atoms with Crippen LogP contribution in [0.2, 0.25) is 0 Å². The van der Waals surface area contributed by atoms with Crippen molar-refractivity contribution < 1.29 is 4.42 Å². The second-order valence-corrected chi connectivity index (χ2v) is 12.4. The van der Waals surface area contributed by atoms with Crippen molar-refractivity contribution in [2.24, 2.45) is 0 Å². The number of benzene rings is 8. The molecule has 0 atom stereocenters. The normalized spacial score (nSPS) is 11.7. The molecule has 4 nitrogen and oxygen atoms in total. The number of hydrogen-bond donors (Lipinski definition) is 0. The van der Waals surface area contributed by atoms with Gasteiger partial charge in [-0.2, -0.15) is 0 Å². The summed E-state index contributed by atoms with van der Waals surface area (Å²) in [5.74, 6) is 1.89. The molecule has 0 N–H and O–H groups in total. The van der Waals surface area contributed by atoms with Crippen molar-refractivity contribution >= 4 is 54.3 Å². The van der Waals surface area contributed by atoms with E-state index in [4.69, 9.17) is 19.4 Å². The lowest BCUT2D eigenvalue weighted by Crippen LogP contribution is -2.00. The van der Waals surface area contributed by atoms with Crippen LogP contribution < -0.4 is 0 Å². The van der Waals surface area contributed by atoms with Crippen molar-refractivity contribution in [1.29, 1.82) is 0 Å². The maximum Gasteiger partial charge on any atom is 0.164 e. The molecule has 4 heteroatoms. The lowest BCUT2D eigenvalue weighted by molar-refractivity contribution is 0.673. The molecule has 0 bridgehead atoms. The molecule has 2 aromatic heterocycles. The highest BCUT2D eigenvalue weighted by atomic mass is 16.3. The average Bonchev–Trinajstić information content (AvgIpc) is 3.58. The maximum atomic E-state index is 6.51. The van der Waals surface area contributed by atoms with E-state index < -0.39 is 0 Å². The van der Waals surface area contributed by atoms with Crippen LogP contribution in [-0.4, -0.2) is 15.0 Å².